The van der Waals surface area contributed by atoms with Crippen molar-refractivity contribution in [3.63, 3.8) is 0 Å². The van der Waals surface area contributed by atoms with E-state index in [2.05, 4.69) is 4.72 Å². The minimum atomic E-state index is -4.08. The number of benzene rings is 5. The van der Waals surface area contributed by atoms with Crippen LogP contribution >= 0.6 is 0 Å². The molecule has 0 fully saturated rings. The Balaban J connectivity index is 1.55. The SMILES string of the molecule is COc1ccc(C[C@H](NS(=O)(=O)c2ccc3ccc4cccc5ccc2c3c45)C(N)=O)cc1OC. The second kappa shape index (κ2) is 8.72. The molecule has 0 bridgehead atoms. The van der Waals surface area contributed by atoms with Gasteiger partial charge >= 0.3 is 0 Å². The maximum atomic E-state index is 13.5. The van der Waals surface area contributed by atoms with Crippen LogP contribution in [0.3, 0.4) is 0 Å². The van der Waals surface area contributed by atoms with Gasteiger partial charge < -0.3 is 15.2 Å². The molecule has 8 heteroatoms. The van der Waals surface area contributed by atoms with Crippen molar-refractivity contribution in [3.05, 3.63) is 78.4 Å². The molecule has 0 unspecified atom stereocenters. The van der Waals surface area contributed by atoms with Crippen LogP contribution in [0.15, 0.2) is 77.7 Å². The van der Waals surface area contributed by atoms with Crippen molar-refractivity contribution >= 4 is 48.2 Å². The number of ether oxygens (including phenoxy) is 2. The topological polar surface area (TPSA) is 108 Å². The van der Waals surface area contributed by atoms with Gasteiger partial charge in [0.15, 0.2) is 11.5 Å². The Labute approximate surface area is 202 Å². The molecule has 0 radical (unpaired) electrons. The summed E-state index contributed by atoms with van der Waals surface area (Å²) in [5, 5.41) is 5.49. The molecule has 0 saturated heterocycles. The van der Waals surface area contributed by atoms with Crippen LogP contribution in [-0.2, 0) is 21.2 Å². The quantitative estimate of drug-likeness (QED) is 0.321. The van der Waals surface area contributed by atoms with E-state index in [-0.39, 0.29) is 11.3 Å². The predicted molar refractivity (Wildman–Crippen MR) is 137 cm³/mol. The average molecular weight is 489 g/mol. The first kappa shape index (κ1) is 22.9. The first-order chi connectivity index (χ1) is 16.8. The first-order valence-corrected chi connectivity index (χ1v) is 12.5. The fourth-order valence-electron chi connectivity index (χ4n) is 4.64. The summed E-state index contributed by atoms with van der Waals surface area (Å²) < 4.78 is 40.2. The number of hydrogen-bond donors (Lipinski definition) is 2. The molecule has 0 saturated carbocycles. The number of primary amides is 1. The van der Waals surface area contributed by atoms with E-state index in [0.717, 1.165) is 26.9 Å². The number of hydrogen-bond acceptors (Lipinski definition) is 5. The number of carbonyl (C=O) groups excluding carboxylic acids is 1. The standard InChI is InChI=1S/C27H24N2O5S/c1-33-22-12-6-16(15-23(22)34-2)14-21(27(28)30)29-35(31,32)24-13-10-19-8-7-17-4-3-5-18-9-11-20(24)26(19)25(17)18/h3-13,15,21,29H,14H2,1-2H3,(H2,28,30)/t21-/m0/s1. The fourth-order valence-corrected chi connectivity index (χ4v) is 6.05. The summed E-state index contributed by atoms with van der Waals surface area (Å²) in [4.78, 5) is 12.4. The van der Waals surface area contributed by atoms with Crippen LogP contribution in [0.5, 0.6) is 11.5 Å². The number of amides is 1. The molecule has 178 valence electrons. The van der Waals surface area contributed by atoms with Crippen LogP contribution < -0.4 is 19.9 Å². The van der Waals surface area contributed by atoms with Gasteiger partial charge in [0.1, 0.15) is 6.04 Å². The Kier molecular flexibility index (Phi) is 5.70. The molecular formula is C27H24N2O5S. The molecule has 0 aliphatic rings. The molecule has 0 spiro atoms. The third-order valence-electron chi connectivity index (χ3n) is 6.31. The normalized spacial score (nSPS) is 12.9. The van der Waals surface area contributed by atoms with Crippen LogP contribution in [0, 0.1) is 0 Å². The van der Waals surface area contributed by atoms with E-state index in [1.54, 1.807) is 30.3 Å². The maximum Gasteiger partial charge on any atom is 0.241 e. The van der Waals surface area contributed by atoms with Gasteiger partial charge in [0.2, 0.25) is 15.9 Å². The zero-order chi connectivity index (χ0) is 24.7. The molecule has 5 aromatic carbocycles. The van der Waals surface area contributed by atoms with Gasteiger partial charge in [-0.1, -0.05) is 54.6 Å². The van der Waals surface area contributed by atoms with Crippen molar-refractivity contribution in [2.24, 2.45) is 5.73 Å². The van der Waals surface area contributed by atoms with Crippen molar-refractivity contribution < 1.29 is 22.7 Å². The number of carbonyl (C=O) groups is 1. The van der Waals surface area contributed by atoms with E-state index >= 15 is 0 Å². The lowest BCUT2D eigenvalue weighted by molar-refractivity contribution is -0.119. The van der Waals surface area contributed by atoms with Gasteiger partial charge in [-0.3, -0.25) is 4.79 Å². The smallest absolute Gasteiger partial charge is 0.241 e. The van der Waals surface area contributed by atoms with E-state index in [0.29, 0.717) is 22.4 Å². The van der Waals surface area contributed by atoms with Gasteiger partial charge in [0.05, 0.1) is 19.1 Å². The summed E-state index contributed by atoms with van der Waals surface area (Å²) >= 11 is 0. The van der Waals surface area contributed by atoms with Gasteiger partial charge in [-0.05, 0) is 57.1 Å². The summed E-state index contributed by atoms with van der Waals surface area (Å²) in [7, 11) is -1.06. The Hall–Kier alpha value is -3.88. The highest BCUT2D eigenvalue weighted by molar-refractivity contribution is 7.89. The number of sulfonamides is 1. The first-order valence-electron chi connectivity index (χ1n) is 11.0. The number of nitrogens with two attached hydrogens (primary N) is 1. The molecule has 0 aliphatic carbocycles. The molecule has 5 aromatic rings. The lowest BCUT2D eigenvalue weighted by Crippen LogP contribution is -2.45. The van der Waals surface area contributed by atoms with Gasteiger partial charge in [-0.2, -0.15) is 4.72 Å². The Morgan fingerprint density at radius 2 is 1.49 bits per heavy atom. The largest absolute Gasteiger partial charge is 0.493 e. The summed E-state index contributed by atoms with van der Waals surface area (Å²) in [6, 6.07) is 21.1. The van der Waals surface area contributed by atoms with Crippen molar-refractivity contribution in [1.82, 2.24) is 4.72 Å². The molecule has 7 nitrogen and oxygen atoms in total. The molecule has 1 amide bonds. The van der Waals surface area contributed by atoms with Gasteiger partial charge in [0.25, 0.3) is 0 Å². The van der Waals surface area contributed by atoms with Gasteiger partial charge in [0, 0.05) is 5.39 Å². The Morgan fingerprint density at radius 3 is 2.14 bits per heavy atom. The maximum absolute atomic E-state index is 13.5. The van der Waals surface area contributed by atoms with Gasteiger partial charge in [-0.25, -0.2) is 8.42 Å². The molecule has 0 aliphatic heterocycles. The van der Waals surface area contributed by atoms with Crippen LogP contribution in [-0.4, -0.2) is 34.6 Å². The summed E-state index contributed by atoms with van der Waals surface area (Å²) in [6.45, 7) is 0. The Bertz CT molecular complexity index is 1660. The molecule has 0 aromatic heterocycles. The number of nitrogens with one attached hydrogen (secondary N) is 1. The summed E-state index contributed by atoms with van der Waals surface area (Å²) in [5.41, 5.74) is 6.28. The zero-order valence-electron chi connectivity index (χ0n) is 19.2. The highest BCUT2D eigenvalue weighted by Crippen LogP contribution is 2.37. The van der Waals surface area contributed by atoms with Crippen LogP contribution in [0.25, 0.3) is 32.3 Å². The molecule has 1 atom stereocenters. The van der Waals surface area contributed by atoms with Gasteiger partial charge in [-0.15, -0.1) is 0 Å². The van der Waals surface area contributed by atoms with E-state index in [9.17, 15) is 13.2 Å². The van der Waals surface area contributed by atoms with Crippen molar-refractivity contribution in [2.45, 2.75) is 17.4 Å². The molecule has 3 N–H and O–H groups in total. The summed E-state index contributed by atoms with van der Waals surface area (Å²) in [5.74, 6) is 0.227. The van der Waals surface area contributed by atoms with E-state index in [1.807, 2.05) is 42.5 Å². The zero-order valence-corrected chi connectivity index (χ0v) is 20.1. The minimum Gasteiger partial charge on any atom is -0.493 e. The number of rotatable bonds is 8. The molecule has 35 heavy (non-hydrogen) atoms. The lowest BCUT2D eigenvalue weighted by atomic mass is 9.94. The van der Waals surface area contributed by atoms with E-state index in [4.69, 9.17) is 15.2 Å². The highest BCUT2D eigenvalue weighted by Gasteiger charge is 2.27. The van der Waals surface area contributed by atoms with E-state index in [1.165, 1.54) is 14.2 Å². The highest BCUT2D eigenvalue weighted by atomic mass is 32.2. The third kappa shape index (κ3) is 4.00. The average Bonchev–Trinajstić information content (AvgIpc) is 2.86. The van der Waals surface area contributed by atoms with Crippen molar-refractivity contribution in [1.29, 1.82) is 0 Å². The minimum absolute atomic E-state index is 0.0563. The van der Waals surface area contributed by atoms with Crippen LogP contribution in [0.2, 0.25) is 0 Å². The second-order valence-corrected chi connectivity index (χ2v) is 10.1. The predicted octanol–water partition coefficient (Wildman–Crippen LogP) is 3.98. The van der Waals surface area contributed by atoms with Crippen molar-refractivity contribution in [2.75, 3.05) is 14.2 Å². The molecular weight excluding hydrogens is 464 g/mol. The molecule has 0 heterocycles. The Morgan fingerprint density at radius 1 is 0.857 bits per heavy atom. The van der Waals surface area contributed by atoms with Crippen LogP contribution in [0.1, 0.15) is 5.56 Å². The third-order valence-corrected chi connectivity index (χ3v) is 7.84. The summed E-state index contributed by atoms with van der Waals surface area (Å²) in [6.07, 6.45) is 0.0563. The fraction of sp³-hybridized carbons (Fsp3) is 0.148. The van der Waals surface area contributed by atoms with Crippen LogP contribution in [0.4, 0.5) is 0 Å². The monoisotopic (exact) mass is 488 g/mol. The van der Waals surface area contributed by atoms with E-state index < -0.39 is 22.0 Å². The second-order valence-electron chi connectivity index (χ2n) is 8.39. The lowest BCUT2D eigenvalue weighted by Gasteiger charge is -2.19. The van der Waals surface area contributed by atoms with Crippen molar-refractivity contribution in [3.8, 4) is 11.5 Å². The molecule has 5 rings (SSSR count). The number of methoxy groups -OCH3 is 2.